The maximum absolute atomic E-state index is 6.47. The van der Waals surface area contributed by atoms with Crippen molar-refractivity contribution in [3.05, 3.63) is 91.9 Å². The molecule has 0 atom stereocenters. The van der Waals surface area contributed by atoms with E-state index >= 15 is 0 Å². The Morgan fingerprint density at radius 3 is 2.20 bits per heavy atom. The van der Waals surface area contributed by atoms with E-state index in [1.54, 1.807) is 19.2 Å². The summed E-state index contributed by atoms with van der Waals surface area (Å²) in [5.74, 6) is 1.07. The van der Waals surface area contributed by atoms with Gasteiger partial charge in [-0.25, -0.2) is 0 Å². The summed E-state index contributed by atoms with van der Waals surface area (Å²) in [5, 5.41) is 5.03. The molecule has 3 aromatic rings. The van der Waals surface area contributed by atoms with Crippen LogP contribution in [0.2, 0.25) is 15.1 Å². The van der Waals surface area contributed by atoms with Crippen molar-refractivity contribution in [3.8, 4) is 11.5 Å². The van der Waals surface area contributed by atoms with Gasteiger partial charge in [0.1, 0.15) is 6.61 Å². The largest absolute Gasteiger partial charge is 0.493 e. The van der Waals surface area contributed by atoms with Crippen molar-refractivity contribution in [3.63, 3.8) is 0 Å². The van der Waals surface area contributed by atoms with Crippen LogP contribution in [0.5, 0.6) is 11.5 Å². The van der Waals surface area contributed by atoms with Crippen molar-refractivity contribution in [2.75, 3.05) is 7.11 Å². The van der Waals surface area contributed by atoms with Gasteiger partial charge in [-0.15, -0.1) is 12.4 Å². The molecule has 0 bridgehead atoms. The van der Waals surface area contributed by atoms with E-state index in [9.17, 15) is 0 Å². The Hall–Kier alpha value is -1.62. The molecule has 0 heterocycles. The lowest BCUT2D eigenvalue weighted by molar-refractivity contribution is 0.284. The first kappa shape index (κ1) is 24.6. The number of hydrogen-bond acceptors (Lipinski definition) is 3. The van der Waals surface area contributed by atoms with Gasteiger partial charge in [-0.3, -0.25) is 0 Å². The van der Waals surface area contributed by atoms with Gasteiger partial charge in [-0.2, -0.15) is 0 Å². The predicted molar refractivity (Wildman–Crippen MR) is 128 cm³/mol. The summed E-state index contributed by atoms with van der Waals surface area (Å²) in [6, 6.07) is 17.5. The molecule has 7 heteroatoms. The molecule has 0 radical (unpaired) electrons. The zero-order valence-corrected chi connectivity index (χ0v) is 19.8. The van der Waals surface area contributed by atoms with Crippen LogP contribution in [0.3, 0.4) is 0 Å². The lowest BCUT2D eigenvalue weighted by atomic mass is 10.1. The van der Waals surface area contributed by atoms with E-state index in [0.717, 1.165) is 17.7 Å². The van der Waals surface area contributed by atoms with Crippen molar-refractivity contribution in [2.24, 2.45) is 0 Å². The lowest BCUT2D eigenvalue weighted by Crippen LogP contribution is -2.13. The van der Waals surface area contributed by atoms with Crippen molar-refractivity contribution in [1.82, 2.24) is 5.32 Å². The van der Waals surface area contributed by atoms with E-state index in [1.165, 1.54) is 11.1 Å². The minimum absolute atomic E-state index is 0. The van der Waals surface area contributed by atoms with E-state index in [1.807, 2.05) is 18.2 Å². The molecular weight excluding hydrogens is 464 g/mol. The van der Waals surface area contributed by atoms with Crippen LogP contribution in [0.1, 0.15) is 22.3 Å². The molecule has 1 N–H and O–H groups in total. The fraction of sp³-hybridized carbons (Fsp3) is 0.217. The number of benzene rings is 3. The van der Waals surface area contributed by atoms with Crippen molar-refractivity contribution < 1.29 is 9.47 Å². The number of aryl methyl sites for hydroxylation is 1. The number of nitrogens with one attached hydrogen (secondary N) is 1. The van der Waals surface area contributed by atoms with E-state index in [0.29, 0.717) is 33.1 Å². The maximum Gasteiger partial charge on any atom is 0.180 e. The van der Waals surface area contributed by atoms with Crippen molar-refractivity contribution in [2.45, 2.75) is 26.6 Å². The quantitative estimate of drug-likeness (QED) is 0.363. The van der Waals surface area contributed by atoms with Crippen LogP contribution in [0, 0.1) is 6.92 Å². The molecule has 3 aromatic carbocycles. The smallest absolute Gasteiger partial charge is 0.180 e. The summed E-state index contributed by atoms with van der Waals surface area (Å²) in [5.41, 5.74) is 4.31. The van der Waals surface area contributed by atoms with Crippen LogP contribution in [0.4, 0.5) is 0 Å². The average Bonchev–Trinajstić information content (AvgIpc) is 2.69. The van der Waals surface area contributed by atoms with Gasteiger partial charge in [-0.05, 0) is 42.3 Å². The highest BCUT2D eigenvalue weighted by molar-refractivity contribution is 6.35. The second-order valence-electron chi connectivity index (χ2n) is 6.72. The van der Waals surface area contributed by atoms with Gasteiger partial charge in [0, 0.05) is 28.7 Å². The van der Waals surface area contributed by atoms with E-state index in [4.69, 9.17) is 44.3 Å². The topological polar surface area (TPSA) is 30.5 Å². The third kappa shape index (κ3) is 6.69. The monoisotopic (exact) mass is 485 g/mol. The molecule has 0 aliphatic rings. The SMILES string of the molecule is COc1cc(CNCc2ccc(C)cc2)cc(Cl)c1OCc1ccc(Cl)cc1Cl.Cl. The second kappa shape index (κ2) is 11.7. The molecule has 0 aromatic heterocycles. The van der Waals surface area contributed by atoms with Crippen LogP contribution >= 0.6 is 47.2 Å². The summed E-state index contributed by atoms with van der Waals surface area (Å²) < 4.78 is 11.4. The zero-order valence-electron chi connectivity index (χ0n) is 16.7. The van der Waals surface area contributed by atoms with Gasteiger partial charge in [0.2, 0.25) is 0 Å². The highest BCUT2D eigenvalue weighted by Crippen LogP contribution is 2.37. The van der Waals surface area contributed by atoms with Crippen molar-refractivity contribution in [1.29, 1.82) is 0 Å². The van der Waals surface area contributed by atoms with Gasteiger partial charge >= 0.3 is 0 Å². The number of halogens is 4. The Labute approximate surface area is 198 Å². The molecule has 3 rings (SSSR count). The van der Waals surface area contributed by atoms with Gasteiger partial charge in [0.05, 0.1) is 12.1 Å². The van der Waals surface area contributed by atoms with Crippen LogP contribution < -0.4 is 14.8 Å². The maximum atomic E-state index is 6.47. The first-order valence-corrected chi connectivity index (χ1v) is 10.3. The molecule has 0 spiro atoms. The van der Waals surface area contributed by atoms with Crippen molar-refractivity contribution >= 4 is 47.2 Å². The molecule has 3 nitrogen and oxygen atoms in total. The summed E-state index contributed by atoms with van der Waals surface area (Å²) in [6.07, 6.45) is 0. The number of methoxy groups -OCH3 is 1. The summed E-state index contributed by atoms with van der Waals surface area (Å²) in [7, 11) is 1.59. The number of ether oxygens (including phenoxy) is 2. The van der Waals surface area contributed by atoms with Crippen LogP contribution in [-0.4, -0.2) is 7.11 Å². The third-order valence-corrected chi connectivity index (χ3v) is 5.32. The molecule has 160 valence electrons. The van der Waals surface area contributed by atoms with Crippen LogP contribution in [-0.2, 0) is 19.7 Å². The third-order valence-electron chi connectivity index (χ3n) is 4.46. The van der Waals surface area contributed by atoms with Crippen LogP contribution in [0.15, 0.2) is 54.6 Å². The Balaban J connectivity index is 0.00000320. The van der Waals surface area contributed by atoms with Gasteiger partial charge in [0.25, 0.3) is 0 Å². The molecular formula is C23H23Cl4NO2. The minimum Gasteiger partial charge on any atom is -0.493 e. The zero-order chi connectivity index (χ0) is 20.8. The molecule has 0 saturated heterocycles. The van der Waals surface area contributed by atoms with E-state index in [-0.39, 0.29) is 19.0 Å². The lowest BCUT2D eigenvalue weighted by Gasteiger charge is -2.15. The van der Waals surface area contributed by atoms with Gasteiger partial charge in [-0.1, -0.05) is 70.7 Å². The Morgan fingerprint density at radius 1 is 0.833 bits per heavy atom. The molecule has 0 fully saturated rings. The standard InChI is InChI=1S/C23H22Cl3NO2.ClH/c1-15-3-5-16(6-4-15)12-27-13-17-9-21(26)23(22(10-17)28-2)29-14-18-7-8-19(24)11-20(18)25;/h3-11,27H,12-14H2,1-2H3;1H. The summed E-state index contributed by atoms with van der Waals surface area (Å²) in [6.45, 7) is 3.77. The number of rotatable bonds is 8. The van der Waals surface area contributed by atoms with E-state index < -0.39 is 0 Å². The highest BCUT2D eigenvalue weighted by Gasteiger charge is 2.13. The van der Waals surface area contributed by atoms with Gasteiger partial charge < -0.3 is 14.8 Å². The first-order chi connectivity index (χ1) is 14.0. The molecule has 30 heavy (non-hydrogen) atoms. The fourth-order valence-electron chi connectivity index (χ4n) is 2.86. The van der Waals surface area contributed by atoms with Gasteiger partial charge in [0.15, 0.2) is 11.5 Å². The fourth-order valence-corrected chi connectivity index (χ4v) is 3.61. The molecule has 0 aliphatic heterocycles. The van der Waals surface area contributed by atoms with E-state index in [2.05, 4.69) is 36.5 Å². The minimum atomic E-state index is 0. The van der Waals surface area contributed by atoms with Crippen LogP contribution in [0.25, 0.3) is 0 Å². The Kier molecular flexibility index (Phi) is 9.60. The highest BCUT2D eigenvalue weighted by atomic mass is 35.5. The Morgan fingerprint density at radius 2 is 1.53 bits per heavy atom. The normalized spacial score (nSPS) is 10.4. The second-order valence-corrected chi connectivity index (χ2v) is 7.97. The molecule has 0 saturated carbocycles. The summed E-state index contributed by atoms with van der Waals surface area (Å²) in [4.78, 5) is 0. The molecule has 0 unspecified atom stereocenters. The summed E-state index contributed by atoms with van der Waals surface area (Å²) >= 11 is 18.6. The average molecular weight is 487 g/mol. The molecule has 0 amide bonds. The molecule has 0 aliphatic carbocycles. The number of hydrogen-bond donors (Lipinski definition) is 1. The Bertz CT molecular complexity index is 978. The first-order valence-electron chi connectivity index (χ1n) is 9.15. The predicted octanol–water partition coefficient (Wildman–Crippen LogP) is 7.25.